The lowest BCUT2D eigenvalue weighted by atomic mass is 9.98. The summed E-state index contributed by atoms with van der Waals surface area (Å²) in [6.07, 6.45) is 3.39. The second-order valence-electron chi connectivity index (χ2n) is 5.44. The third kappa shape index (κ3) is 3.62. The van der Waals surface area contributed by atoms with E-state index in [0.717, 1.165) is 18.5 Å². The smallest absolute Gasteiger partial charge is 0.233 e. The molecule has 0 bridgehead atoms. The zero-order valence-electron chi connectivity index (χ0n) is 12.3. The molecular weight excluding hydrogens is 272 g/mol. The molecule has 0 radical (unpaired) electrons. The molecule has 6 heteroatoms. The molecule has 0 saturated carbocycles. The fraction of sp³-hybridized carbons (Fsp3) is 0.643. The van der Waals surface area contributed by atoms with E-state index < -0.39 is 0 Å². The summed E-state index contributed by atoms with van der Waals surface area (Å²) in [5.74, 6) is 0.989. The zero-order chi connectivity index (χ0) is 14.7. The first kappa shape index (κ1) is 15.1. The van der Waals surface area contributed by atoms with Crippen LogP contribution < -0.4 is 5.73 Å². The summed E-state index contributed by atoms with van der Waals surface area (Å²) in [5, 5.41) is 0.577. The highest BCUT2D eigenvalue weighted by atomic mass is 32.2. The van der Waals surface area contributed by atoms with Crippen molar-refractivity contribution in [3.63, 3.8) is 0 Å². The van der Waals surface area contributed by atoms with Gasteiger partial charge in [-0.2, -0.15) is 0 Å². The average Bonchev–Trinajstić information content (AvgIpc) is 2.35. The van der Waals surface area contributed by atoms with Crippen LogP contribution in [0.3, 0.4) is 0 Å². The van der Waals surface area contributed by atoms with Crippen molar-refractivity contribution < 1.29 is 4.79 Å². The van der Waals surface area contributed by atoms with E-state index in [1.165, 1.54) is 18.2 Å². The van der Waals surface area contributed by atoms with Crippen LogP contribution >= 0.6 is 11.8 Å². The Hall–Kier alpha value is -1.30. The molecule has 2 rings (SSSR count). The van der Waals surface area contributed by atoms with Crippen LogP contribution in [0.15, 0.2) is 11.2 Å². The number of nitrogens with zero attached hydrogens (tertiary/aromatic N) is 3. The minimum absolute atomic E-state index is 0.165. The molecule has 110 valence electrons. The van der Waals surface area contributed by atoms with Crippen molar-refractivity contribution in [3.05, 3.63) is 11.8 Å². The van der Waals surface area contributed by atoms with Gasteiger partial charge in [0.05, 0.1) is 5.75 Å². The number of nitrogen functional groups attached to an aromatic ring is 1. The van der Waals surface area contributed by atoms with E-state index in [-0.39, 0.29) is 5.91 Å². The topological polar surface area (TPSA) is 72.1 Å². The van der Waals surface area contributed by atoms with Gasteiger partial charge in [0, 0.05) is 23.8 Å². The first-order chi connectivity index (χ1) is 9.47. The number of carbonyl (C=O) groups is 1. The van der Waals surface area contributed by atoms with Gasteiger partial charge in [-0.25, -0.2) is 9.97 Å². The van der Waals surface area contributed by atoms with Crippen molar-refractivity contribution in [2.24, 2.45) is 0 Å². The number of anilines is 1. The standard InChI is InChI=1S/C14H22N4OS/c1-9-7-12(15)17-14(16-9)20-8-13(19)18-10(2)5-4-6-11(18)3/h7,10-11H,4-6,8H2,1-3H3,(H2,15,16,17)/t10-,11-/m1/s1. The van der Waals surface area contributed by atoms with Gasteiger partial charge >= 0.3 is 0 Å². The largest absolute Gasteiger partial charge is 0.384 e. The molecule has 1 amide bonds. The van der Waals surface area contributed by atoms with Crippen molar-refractivity contribution in [2.45, 2.75) is 57.3 Å². The number of aromatic nitrogens is 2. The number of rotatable bonds is 3. The van der Waals surface area contributed by atoms with Gasteiger partial charge in [0.2, 0.25) is 5.91 Å². The molecular formula is C14H22N4OS. The number of amides is 1. The molecule has 1 aliphatic heterocycles. The third-order valence-electron chi connectivity index (χ3n) is 3.66. The maximum Gasteiger partial charge on any atom is 0.233 e. The number of hydrogen-bond acceptors (Lipinski definition) is 5. The summed E-state index contributed by atoms with van der Waals surface area (Å²) in [7, 11) is 0. The van der Waals surface area contributed by atoms with Gasteiger partial charge in [-0.3, -0.25) is 4.79 Å². The van der Waals surface area contributed by atoms with Crippen LogP contribution in [0.2, 0.25) is 0 Å². The summed E-state index contributed by atoms with van der Waals surface area (Å²) < 4.78 is 0. The lowest BCUT2D eigenvalue weighted by Gasteiger charge is -2.39. The van der Waals surface area contributed by atoms with E-state index >= 15 is 0 Å². The highest BCUT2D eigenvalue weighted by Gasteiger charge is 2.28. The molecule has 0 aliphatic carbocycles. The van der Waals surface area contributed by atoms with Gasteiger partial charge in [0.25, 0.3) is 0 Å². The van der Waals surface area contributed by atoms with Crippen LogP contribution in [-0.4, -0.2) is 38.6 Å². The van der Waals surface area contributed by atoms with E-state index in [1.54, 1.807) is 6.07 Å². The monoisotopic (exact) mass is 294 g/mol. The minimum Gasteiger partial charge on any atom is -0.384 e. The quantitative estimate of drug-likeness (QED) is 0.684. The second kappa shape index (κ2) is 6.43. The van der Waals surface area contributed by atoms with Crippen molar-refractivity contribution in [1.29, 1.82) is 0 Å². The lowest BCUT2D eigenvalue weighted by molar-refractivity contribution is -0.134. The molecule has 1 aromatic heterocycles. The maximum atomic E-state index is 12.4. The maximum absolute atomic E-state index is 12.4. The van der Waals surface area contributed by atoms with E-state index in [4.69, 9.17) is 5.73 Å². The highest BCUT2D eigenvalue weighted by Crippen LogP contribution is 2.24. The van der Waals surface area contributed by atoms with Gasteiger partial charge in [-0.05, 0) is 40.0 Å². The van der Waals surface area contributed by atoms with Crippen LogP contribution in [0.1, 0.15) is 38.8 Å². The Bertz CT molecular complexity index is 464. The summed E-state index contributed by atoms with van der Waals surface area (Å²) in [6.45, 7) is 6.12. The number of carbonyl (C=O) groups excluding carboxylic acids is 1. The predicted octanol–water partition coefficient (Wildman–Crippen LogP) is 2.25. The molecule has 1 fully saturated rings. The zero-order valence-corrected chi connectivity index (χ0v) is 13.1. The van der Waals surface area contributed by atoms with E-state index in [2.05, 4.69) is 23.8 Å². The molecule has 0 unspecified atom stereocenters. The fourth-order valence-electron chi connectivity index (χ4n) is 2.74. The number of thioether (sulfide) groups is 1. The van der Waals surface area contributed by atoms with E-state index in [0.29, 0.717) is 28.8 Å². The molecule has 0 aromatic carbocycles. The molecule has 0 spiro atoms. The van der Waals surface area contributed by atoms with Crippen molar-refractivity contribution >= 4 is 23.5 Å². The number of likely N-dealkylation sites (tertiary alicyclic amines) is 1. The Morgan fingerprint density at radius 2 is 2.05 bits per heavy atom. The van der Waals surface area contributed by atoms with Crippen LogP contribution in [0, 0.1) is 6.92 Å². The molecule has 20 heavy (non-hydrogen) atoms. The average molecular weight is 294 g/mol. The fourth-order valence-corrected chi connectivity index (χ4v) is 3.52. The van der Waals surface area contributed by atoms with Gasteiger partial charge < -0.3 is 10.6 Å². The van der Waals surface area contributed by atoms with Crippen LogP contribution in [0.5, 0.6) is 0 Å². The number of aryl methyl sites for hydroxylation is 1. The van der Waals surface area contributed by atoms with Gasteiger partial charge in [-0.15, -0.1) is 0 Å². The van der Waals surface area contributed by atoms with Crippen LogP contribution in [-0.2, 0) is 4.79 Å². The first-order valence-electron chi connectivity index (χ1n) is 7.02. The number of nitrogens with two attached hydrogens (primary N) is 1. The predicted molar refractivity (Wildman–Crippen MR) is 81.5 cm³/mol. The summed E-state index contributed by atoms with van der Waals surface area (Å²) in [5.41, 5.74) is 6.52. The Kier molecular flexibility index (Phi) is 4.86. The summed E-state index contributed by atoms with van der Waals surface area (Å²) in [6, 6.07) is 2.38. The normalized spacial score (nSPS) is 22.9. The Morgan fingerprint density at radius 3 is 2.65 bits per heavy atom. The van der Waals surface area contributed by atoms with E-state index in [9.17, 15) is 4.79 Å². The molecule has 2 atom stereocenters. The number of hydrogen-bond donors (Lipinski definition) is 1. The Balaban J connectivity index is 1.97. The highest BCUT2D eigenvalue weighted by molar-refractivity contribution is 7.99. The van der Waals surface area contributed by atoms with Crippen molar-refractivity contribution in [1.82, 2.24) is 14.9 Å². The Morgan fingerprint density at radius 1 is 1.40 bits per heavy atom. The van der Waals surface area contributed by atoms with Gasteiger partial charge in [0.15, 0.2) is 5.16 Å². The SMILES string of the molecule is Cc1cc(N)nc(SCC(=O)N2[C@H](C)CCC[C@H]2C)n1. The molecule has 5 nitrogen and oxygen atoms in total. The Labute approximate surface area is 124 Å². The molecule has 1 aliphatic rings. The lowest BCUT2D eigenvalue weighted by Crippen LogP contribution is -2.48. The van der Waals surface area contributed by atoms with Gasteiger partial charge in [-0.1, -0.05) is 11.8 Å². The third-order valence-corrected chi connectivity index (χ3v) is 4.49. The van der Waals surface area contributed by atoms with Gasteiger partial charge in [0.1, 0.15) is 5.82 Å². The first-order valence-corrected chi connectivity index (χ1v) is 8.01. The van der Waals surface area contributed by atoms with Crippen LogP contribution in [0.25, 0.3) is 0 Å². The minimum atomic E-state index is 0.165. The van der Waals surface area contributed by atoms with Crippen LogP contribution in [0.4, 0.5) is 5.82 Å². The van der Waals surface area contributed by atoms with E-state index in [1.807, 2.05) is 11.8 Å². The molecule has 2 N–H and O–H groups in total. The molecule has 1 aromatic rings. The summed E-state index contributed by atoms with van der Waals surface area (Å²) >= 11 is 1.36. The summed E-state index contributed by atoms with van der Waals surface area (Å²) in [4.78, 5) is 22.8. The van der Waals surface area contributed by atoms with Crippen molar-refractivity contribution in [3.8, 4) is 0 Å². The second-order valence-corrected chi connectivity index (χ2v) is 6.38. The molecule has 2 heterocycles. The van der Waals surface area contributed by atoms with Crippen molar-refractivity contribution in [2.75, 3.05) is 11.5 Å². The molecule has 1 saturated heterocycles. The number of piperidine rings is 1.